The van der Waals surface area contributed by atoms with E-state index in [-0.39, 0.29) is 17.2 Å². The van der Waals surface area contributed by atoms with Gasteiger partial charge in [0.15, 0.2) is 5.16 Å². The number of amides is 1. The first-order valence-electron chi connectivity index (χ1n) is 9.52. The number of carbonyl (C=O) groups is 1. The lowest BCUT2D eigenvalue weighted by Crippen LogP contribution is -2.29. The lowest BCUT2D eigenvalue weighted by atomic mass is 10.2. The molecule has 0 spiro atoms. The summed E-state index contributed by atoms with van der Waals surface area (Å²) >= 11 is 1.31. The molecule has 0 unspecified atom stereocenters. The number of nitrogens with zero attached hydrogens (tertiary/aromatic N) is 3. The van der Waals surface area contributed by atoms with Crippen LogP contribution in [-0.4, -0.2) is 40.3 Å². The molecule has 0 atom stereocenters. The first-order chi connectivity index (χ1) is 14.0. The highest BCUT2D eigenvalue weighted by Gasteiger charge is 2.15. The predicted octanol–water partition coefficient (Wildman–Crippen LogP) is 3.57. The second-order valence-corrected chi connectivity index (χ2v) is 7.70. The molecule has 29 heavy (non-hydrogen) atoms. The van der Waals surface area contributed by atoms with Crippen LogP contribution in [0.15, 0.2) is 58.5 Å². The SMILES string of the molecule is CCCn1c(SCC(=O)N(C)Cc2cccc(OC)c2)nc2ccccc2c1=O. The summed E-state index contributed by atoms with van der Waals surface area (Å²) in [4.78, 5) is 31.8. The summed E-state index contributed by atoms with van der Waals surface area (Å²) < 4.78 is 6.91. The minimum absolute atomic E-state index is 0.0247. The summed E-state index contributed by atoms with van der Waals surface area (Å²) in [7, 11) is 3.40. The van der Waals surface area contributed by atoms with Crippen molar-refractivity contribution in [1.82, 2.24) is 14.5 Å². The highest BCUT2D eigenvalue weighted by molar-refractivity contribution is 7.99. The smallest absolute Gasteiger partial charge is 0.262 e. The molecule has 0 saturated carbocycles. The van der Waals surface area contributed by atoms with Gasteiger partial charge < -0.3 is 9.64 Å². The zero-order valence-corrected chi connectivity index (χ0v) is 17.7. The van der Waals surface area contributed by atoms with Gasteiger partial charge in [-0.1, -0.05) is 43.0 Å². The Morgan fingerprint density at radius 3 is 2.76 bits per heavy atom. The van der Waals surface area contributed by atoms with Gasteiger partial charge in [-0.05, 0) is 36.2 Å². The Bertz CT molecular complexity index is 1060. The second kappa shape index (κ2) is 9.60. The van der Waals surface area contributed by atoms with Gasteiger partial charge in [0.2, 0.25) is 5.91 Å². The van der Waals surface area contributed by atoms with E-state index in [9.17, 15) is 9.59 Å². The van der Waals surface area contributed by atoms with Crippen LogP contribution in [-0.2, 0) is 17.9 Å². The minimum Gasteiger partial charge on any atom is -0.497 e. The van der Waals surface area contributed by atoms with E-state index in [1.807, 2.05) is 49.4 Å². The van der Waals surface area contributed by atoms with Crippen molar-refractivity contribution in [3.8, 4) is 5.75 Å². The Labute approximate surface area is 174 Å². The first kappa shape index (κ1) is 20.9. The van der Waals surface area contributed by atoms with Crippen molar-refractivity contribution >= 4 is 28.6 Å². The molecule has 3 rings (SSSR count). The quantitative estimate of drug-likeness (QED) is 0.419. The molecule has 0 aliphatic heterocycles. The number of fused-ring (bicyclic) bond motifs is 1. The Morgan fingerprint density at radius 2 is 2.00 bits per heavy atom. The Balaban J connectivity index is 1.74. The number of hydrogen-bond acceptors (Lipinski definition) is 5. The molecule has 0 bridgehead atoms. The van der Waals surface area contributed by atoms with Crippen LogP contribution in [0.3, 0.4) is 0 Å². The molecule has 0 saturated heterocycles. The maximum Gasteiger partial charge on any atom is 0.262 e. The second-order valence-electron chi connectivity index (χ2n) is 6.76. The molecule has 0 aliphatic carbocycles. The number of para-hydroxylation sites is 1. The van der Waals surface area contributed by atoms with Gasteiger partial charge in [-0.15, -0.1) is 0 Å². The molecule has 7 heteroatoms. The maximum absolute atomic E-state index is 12.8. The molecule has 0 radical (unpaired) electrons. The molecule has 1 heterocycles. The van der Waals surface area contributed by atoms with Crippen molar-refractivity contribution in [2.24, 2.45) is 0 Å². The molecule has 2 aromatic carbocycles. The fraction of sp³-hybridized carbons (Fsp3) is 0.318. The van der Waals surface area contributed by atoms with Gasteiger partial charge >= 0.3 is 0 Å². The van der Waals surface area contributed by atoms with Gasteiger partial charge in [-0.25, -0.2) is 4.98 Å². The zero-order chi connectivity index (χ0) is 20.8. The lowest BCUT2D eigenvalue weighted by molar-refractivity contribution is -0.127. The average Bonchev–Trinajstić information content (AvgIpc) is 2.74. The largest absolute Gasteiger partial charge is 0.497 e. The third kappa shape index (κ3) is 4.98. The Hall–Kier alpha value is -2.80. The molecule has 1 amide bonds. The number of aromatic nitrogens is 2. The van der Waals surface area contributed by atoms with E-state index in [0.29, 0.717) is 29.1 Å². The van der Waals surface area contributed by atoms with Crippen molar-refractivity contribution in [3.63, 3.8) is 0 Å². The third-order valence-corrected chi connectivity index (χ3v) is 5.54. The highest BCUT2D eigenvalue weighted by atomic mass is 32.2. The topological polar surface area (TPSA) is 64.4 Å². The summed E-state index contributed by atoms with van der Waals surface area (Å²) in [5, 5.41) is 1.19. The van der Waals surface area contributed by atoms with Crippen molar-refractivity contribution in [2.75, 3.05) is 19.9 Å². The maximum atomic E-state index is 12.8. The fourth-order valence-corrected chi connectivity index (χ4v) is 4.01. The summed E-state index contributed by atoms with van der Waals surface area (Å²) in [6.07, 6.45) is 0.817. The molecular formula is C22H25N3O3S. The molecule has 1 aromatic heterocycles. The van der Waals surface area contributed by atoms with Crippen LogP contribution < -0.4 is 10.3 Å². The number of benzene rings is 2. The molecule has 0 N–H and O–H groups in total. The number of ether oxygens (including phenoxy) is 1. The van der Waals surface area contributed by atoms with Crippen molar-refractivity contribution in [3.05, 3.63) is 64.4 Å². The van der Waals surface area contributed by atoms with E-state index in [4.69, 9.17) is 4.74 Å². The average molecular weight is 412 g/mol. The van der Waals surface area contributed by atoms with Crippen LogP contribution in [0.1, 0.15) is 18.9 Å². The van der Waals surface area contributed by atoms with Gasteiger partial charge in [0.05, 0.1) is 23.8 Å². The van der Waals surface area contributed by atoms with Gasteiger partial charge in [-0.3, -0.25) is 14.2 Å². The molecule has 6 nitrogen and oxygen atoms in total. The number of rotatable bonds is 8. The summed E-state index contributed by atoms with van der Waals surface area (Å²) in [6.45, 7) is 3.08. The van der Waals surface area contributed by atoms with Crippen LogP contribution >= 0.6 is 11.8 Å². The zero-order valence-electron chi connectivity index (χ0n) is 16.9. The Morgan fingerprint density at radius 1 is 1.21 bits per heavy atom. The molecule has 0 aliphatic rings. The van der Waals surface area contributed by atoms with Gasteiger partial charge in [0, 0.05) is 20.1 Å². The predicted molar refractivity (Wildman–Crippen MR) is 116 cm³/mol. The normalized spacial score (nSPS) is 10.9. The van der Waals surface area contributed by atoms with E-state index in [2.05, 4.69) is 4.98 Å². The minimum atomic E-state index is -0.0582. The van der Waals surface area contributed by atoms with E-state index in [1.165, 1.54) is 11.8 Å². The van der Waals surface area contributed by atoms with Crippen LogP contribution in [0.2, 0.25) is 0 Å². The third-order valence-electron chi connectivity index (χ3n) is 4.58. The van der Waals surface area contributed by atoms with Crippen LogP contribution in [0.5, 0.6) is 5.75 Å². The van der Waals surface area contributed by atoms with Crippen molar-refractivity contribution in [1.29, 1.82) is 0 Å². The number of hydrogen-bond donors (Lipinski definition) is 0. The standard InChI is InChI=1S/C22H25N3O3S/c1-4-12-25-21(27)18-10-5-6-11-19(18)23-22(25)29-15-20(26)24(2)14-16-8-7-9-17(13-16)28-3/h5-11,13H,4,12,14-15H2,1-3H3. The van der Waals surface area contributed by atoms with Crippen molar-refractivity contribution < 1.29 is 9.53 Å². The van der Waals surface area contributed by atoms with E-state index < -0.39 is 0 Å². The monoisotopic (exact) mass is 411 g/mol. The first-order valence-corrected chi connectivity index (χ1v) is 10.5. The van der Waals surface area contributed by atoms with Crippen molar-refractivity contribution in [2.45, 2.75) is 31.6 Å². The molecule has 3 aromatic rings. The van der Waals surface area contributed by atoms with Gasteiger partial charge in [0.1, 0.15) is 5.75 Å². The molecule has 0 fully saturated rings. The van der Waals surface area contributed by atoms with E-state index >= 15 is 0 Å². The van der Waals surface area contributed by atoms with E-state index in [1.54, 1.807) is 29.7 Å². The highest BCUT2D eigenvalue weighted by Crippen LogP contribution is 2.19. The number of methoxy groups -OCH3 is 1. The summed E-state index contributed by atoms with van der Waals surface area (Å²) in [5.74, 6) is 0.958. The van der Waals surface area contributed by atoms with Crippen LogP contribution in [0, 0.1) is 0 Å². The Kier molecular flexibility index (Phi) is 6.93. The van der Waals surface area contributed by atoms with E-state index in [0.717, 1.165) is 17.7 Å². The van der Waals surface area contributed by atoms with Gasteiger partial charge in [-0.2, -0.15) is 0 Å². The lowest BCUT2D eigenvalue weighted by Gasteiger charge is -2.18. The van der Waals surface area contributed by atoms with Gasteiger partial charge in [0.25, 0.3) is 5.56 Å². The molecular weight excluding hydrogens is 386 g/mol. The van der Waals surface area contributed by atoms with Crippen LogP contribution in [0.4, 0.5) is 0 Å². The number of thioether (sulfide) groups is 1. The van der Waals surface area contributed by atoms with Crippen LogP contribution in [0.25, 0.3) is 10.9 Å². The fourth-order valence-electron chi connectivity index (χ4n) is 3.05. The summed E-state index contributed by atoms with van der Waals surface area (Å²) in [5.41, 5.74) is 1.60. The number of carbonyl (C=O) groups excluding carboxylic acids is 1. The summed E-state index contributed by atoms with van der Waals surface area (Å²) in [6, 6.07) is 15.0. The molecule has 152 valence electrons.